The maximum atomic E-state index is 13.2. The first-order chi connectivity index (χ1) is 14.6. The van der Waals surface area contributed by atoms with Crippen molar-refractivity contribution < 1.29 is 23.8 Å². The summed E-state index contributed by atoms with van der Waals surface area (Å²) in [7, 11) is 1.50. The Morgan fingerprint density at radius 2 is 1.80 bits per heavy atom. The summed E-state index contributed by atoms with van der Waals surface area (Å²) < 4.78 is 16.9. The van der Waals surface area contributed by atoms with Gasteiger partial charge in [0.25, 0.3) is 5.91 Å². The van der Waals surface area contributed by atoms with Crippen molar-refractivity contribution in [3.63, 3.8) is 0 Å². The van der Waals surface area contributed by atoms with Gasteiger partial charge in [-0.1, -0.05) is 42.5 Å². The number of carbonyl (C=O) groups excluding carboxylic acids is 2. The highest BCUT2D eigenvalue weighted by Gasteiger charge is 2.26. The molecule has 0 unspecified atom stereocenters. The summed E-state index contributed by atoms with van der Waals surface area (Å²) >= 11 is 0. The van der Waals surface area contributed by atoms with E-state index in [2.05, 4.69) is 0 Å². The fraction of sp³-hybridized carbons (Fsp3) is 0.333. The van der Waals surface area contributed by atoms with Crippen LogP contribution >= 0.6 is 0 Å². The van der Waals surface area contributed by atoms with Crippen molar-refractivity contribution in [3.05, 3.63) is 64.7 Å². The summed E-state index contributed by atoms with van der Waals surface area (Å²) in [4.78, 5) is 26.8. The van der Waals surface area contributed by atoms with Gasteiger partial charge in [0, 0.05) is 25.8 Å². The number of benzene rings is 2. The van der Waals surface area contributed by atoms with Gasteiger partial charge >= 0.3 is 0 Å². The van der Waals surface area contributed by atoms with Crippen molar-refractivity contribution in [2.24, 2.45) is 0 Å². The molecule has 0 saturated carbocycles. The third kappa shape index (κ3) is 5.48. The number of hydrogen-bond donors (Lipinski definition) is 0. The zero-order valence-electron chi connectivity index (χ0n) is 18.0. The first-order valence-electron chi connectivity index (χ1n) is 9.97. The SMILES string of the molecule is C/C=C/c1c(OCc2ccccc2)cc(C=O)c(C(=O)N(CC)CC)c1OCOC. The van der Waals surface area contributed by atoms with Gasteiger partial charge < -0.3 is 19.1 Å². The average Bonchev–Trinajstić information content (AvgIpc) is 2.78. The van der Waals surface area contributed by atoms with Crippen LogP contribution in [0.3, 0.4) is 0 Å². The number of rotatable bonds is 11. The molecule has 160 valence electrons. The fourth-order valence-electron chi connectivity index (χ4n) is 3.10. The summed E-state index contributed by atoms with van der Waals surface area (Å²) in [5, 5.41) is 0. The molecule has 6 heteroatoms. The lowest BCUT2D eigenvalue weighted by atomic mass is 9.99. The summed E-state index contributed by atoms with van der Waals surface area (Å²) in [6.07, 6.45) is 4.29. The maximum Gasteiger partial charge on any atom is 0.258 e. The molecule has 0 heterocycles. The van der Waals surface area contributed by atoms with Crippen molar-refractivity contribution in [3.8, 4) is 11.5 Å². The quantitative estimate of drug-likeness (QED) is 0.400. The average molecular weight is 411 g/mol. The smallest absolute Gasteiger partial charge is 0.258 e. The molecule has 0 bridgehead atoms. The van der Waals surface area contributed by atoms with Crippen LogP contribution in [0.15, 0.2) is 42.5 Å². The van der Waals surface area contributed by atoms with E-state index in [1.54, 1.807) is 17.0 Å². The zero-order valence-corrected chi connectivity index (χ0v) is 18.0. The summed E-state index contributed by atoms with van der Waals surface area (Å²) in [5.74, 6) is 0.467. The minimum atomic E-state index is -0.270. The predicted molar refractivity (Wildman–Crippen MR) is 117 cm³/mol. The Kier molecular flexibility index (Phi) is 9.09. The number of nitrogens with zero attached hydrogens (tertiary/aromatic N) is 1. The molecule has 0 fully saturated rings. The van der Waals surface area contributed by atoms with E-state index in [1.165, 1.54) is 7.11 Å². The van der Waals surface area contributed by atoms with E-state index in [1.807, 2.05) is 57.2 Å². The molecule has 30 heavy (non-hydrogen) atoms. The number of ether oxygens (including phenoxy) is 3. The molecule has 0 N–H and O–H groups in total. The van der Waals surface area contributed by atoms with Crippen LogP contribution in [-0.4, -0.2) is 44.1 Å². The van der Waals surface area contributed by atoms with Crippen LogP contribution in [0.2, 0.25) is 0 Å². The van der Waals surface area contributed by atoms with Gasteiger partial charge in [-0.25, -0.2) is 0 Å². The topological polar surface area (TPSA) is 65.1 Å². The molecule has 2 rings (SSSR count). The summed E-state index contributed by atoms with van der Waals surface area (Å²) in [6, 6.07) is 11.3. The number of methoxy groups -OCH3 is 1. The van der Waals surface area contributed by atoms with Crippen LogP contribution < -0.4 is 9.47 Å². The van der Waals surface area contributed by atoms with E-state index in [0.29, 0.717) is 37.3 Å². The lowest BCUT2D eigenvalue weighted by Gasteiger charge is -2.24. The van der Waals surface area contributed by atoms with Crippen LogP contribution in [0.4, 0.5) is 0 Å². The Morgan fingerprint density at radius 3 is 2.37 bits per heavy atom. The molecule has 0 radical (unpaired) electrons. The van der Waals surface area contributed by atoms with E-state index in [-0.39, 0.29) is 29.6 Å². The molecule has 0 aliphatic heterocycles. The molecule has 1 amide bonds. The van der Waals surface area contributed by atoms with E-state index in [9.17, 15) is 9.59 Å². The second-order valence-corrected chi connectivity index (χ2v) is 6.50. The Hall–Kier alpha value is -3.12. The van der Waals surface area contributed by atoms with Crippen molar-refractivity contribution >= 4 is 18.3 Å². The highest BCUT2D eigenvalue weighted by molar-refractivity contribution is 6.05. The third-order valence-corrected chi connectivity index (χ3v) is 4.60. The number of allylic oxidation sites excluding steroid dienone is 1. The third-order valence-electron chi connectivity index (χ3n) is 4.60. The van der Waals surface area contributed by atoms with Crippen LogP contribution in [0, 0.1) is 0 Å². The van der Waals surface area contributed by atoms with Gasteiger partial charge in [0.1, 0.15) is 18.1 Å². The van der Waals surface area contributed by atoms with Crippen LogP contribution in [0.1, 0.15) is 52.6 Å². The highest BCUT2D eigenvalue weighted by Crippen LogP contribution is 2.37. The Morgan fingerprint density at radius 1 is 1.10 bits per heavy atom. The van der Waals surface area contributed by atoms with Gasteiger partial charge in [0.2, 0.25) is 0 Å². The molecule has 0 spiro atoms. The maximum absolute atomic E-state index is 13.2. The van der Waals surface area contributed by atoms with E-state index >= 15 is 0 Å². The Labute approximate surface area is 178 Å². The molecule has 2 aromatic rings. The second-order valence-electron chi connectivity index (χ2n) is 6.50. The standard InChI is InChI=1S/C24H29NO5/c1-5-11-20-21(29-16-18-12-9-8-10-13-18)14-19(15-26)22(23(20)30-17-28-4)24(27)25(6-2)7-3/h5,8-15H,6-7,16-17H2,1-4H3/b11-5+. The van der Waals surface area contributed by atoms with Crippen molar-refractivity contribution in [1.29, 1.82) is 0 Å². The molecule has 0 saturated heterocycles. The van der Waals surface area contributed by atoms with Crippen molar-refractivity contribution in [2.75, 3.05) is 27.0 Å². The van der Waals surface area contributed by atoms with Crippen LogP contribution in [0.5, 0.6) is 11.5 Å². The van der Waals surface area contributed by atoms with Gasteiger partial charge in [-0.15, -0.1) is 0 Å². The minimum Gasteiger partial charge on any atom is -0.488 e. The molecule has 0 aliphatic rings. The van der Waals surface area contributed by atoms with Crippen molar-refractivity contribution in [1.82, 2.24) is 4.90 Å². The minimum absolute atomic E-state index is 0.0660. The van der Waals surface area contributed by atoms with E-state index in [4.69, 9.17) is 14.2 Å². The fourth-order valence-corrected chi connectivity index (χ4v) is 3.10. The summed E-state index contributed by atoms with van der Waals surface area (Å²) in [5.41, 5.74) is 2.01. The molecule has 0 atom stereocenters. The summed E-state index contributed by atoms with van der Waals surface area (Å²) in [6.45, 7) is 6.93. The molecule has 2 aromatic carbocycles. The van der Waals surface area contributed by atoms with Gasteiger partial charge in [0.05, 0.1) is 11.1 Å². The lowest BCUT2D eigenvalue weighted by molar-refractivity contribution is 0.0486. The molecular formula is C24H29NO5. The number of carbonyl (C=O) groups is 2. The number of amides is 1. The van der Waals surface area contributed by atoms with Crippen molar-refractivity contribution in [2.45, 2.75) is 27.4 Å². The van der Waals surface area contributed by atoms with Crippen LogP contribution in [-0.2, 0) is 11.3 Å². The first kappa shape index (κ1) is 23.2. The number of aldehydes is 1. The second kappa shape index (κ2) is 11.8. The van der Waals surface area contributed by atoms with Gasteiger partial charge in [-0.05, 0) is 32.4 Å². The monoisotopic (exact) mass is 411 g/mol. The highest BCUT2D eigenvalue weighted by atomic mass is 16.7. The van der Waals surface area contributed by atoms with Gasteiger partial charge in [-0.2, -0.15) is 0 Å². The molecular weight excluding hydrogens is 382 g/mol. The number of hydrogen-bond acceptors (Lipinski definition) is 5. The normalized spacial score (nSPS) is 10.8. The van der Waals surface area contributed by atoms with Gasteiger partial charge in [0.15, 0.2) is 13.1 Å². The predicted octanol–water partition coefficient (Wildman–Crippen LogP) is 4.58. The van der Waals surface area contributed by atoms with Gasteiger partial charge in [-0.3, -0.25) is 9.59 Å². The molecule has 6 nitrogen and oxygen atoms in total. The molecule has 0 aromatic heterocycles. The van der Waals surface area contributed by atoms with Crippen LogP contribution in [0.25, 0.3) is 6.08 Å². The zero-order chi connectivity index (χ0) is 21.9. The lowest BCUT2D eigenvalue weighted by Crippen LogP contribution is -2.32. The molecule has 0 aliphatic carbocycles. The van der Waals surface area contributed by atoms with E-state index < -0.39 is 0 Å². The largest absolute Gasteiger partial charge is 0.488 e. The Bertz CT molecular complexity index is 873. The van der Waals surface area contributed by atoms with E-state index in [0.717, 1.165) is 5.56 Å². The first-order valence-corrected chi connectivity index (χ1v) is 9.97. The Balaban J connectivity index is 2.62.